The van der Waals surface area contributed by atoms with Crippen molar-refractivity contribution in [3.63, 3.8) is 0 Å². The van der Waals surface area contributed by atoms with Gasteiger partial charge in [-0.2, -0.15) is 5.10 Å². The van der Waals surface area contributed by atoms with Crippen LogP contribution in [0.15, 0.2) is 84.9 Å². The second-order valence-corrected chi connectivity index (χ2v) is 9.06. The van der Waals surface area contributed by atoms with Crippen LogP contribution >= 0.6 is 0 Å². The van der Waals surface area contributed by atoms with Gasteiger partial charge in [-0.1, -0.05) is 78.4 Å². The van der Waals surface area contributed by atoms with Crippen LogP contribution in [0.4, 0.5) is 0 Å². The second-order valence-electron chi connectivity index (χ2n) is 9.06. The lowest BCUT2D eigenvalue weighted by Crippen LogP contribution is -2.48. The zero-order valence-electron chi connectivity index (χ0n) is 23.0. The molecular formula is C31H29N3O7. The first kappa shape index (κ1) is 28.8. The van der Waals surface area contributed by atoms with Crippen molar-refractivity contribution in [1.29, 1.82) is 0 Å². The highest BCUT2D eigenvalue weighted by Gasteiger charge is 2.39. The molecule has 4 rings (SSSR count). The van der Waals surface area contributed by atoms with Gasteiger partial charge in [-0.15, -0.1) is 0 Å². The average molecular weight is 556 g/mol. The number of nitrogens with one attached hydrogen (secondary N) is 1. The summed E-state index contributed by atoms with van der Waals surface area (Å²) in [7, 11) is 3.56. The third-order valence-electron chi connectivity index (χ3n) is 6.50. The van der Waals surface area contributed by atoms with Gasteiger partial charge in [0.05, 0.1) is 27.0 Å². The summed E-state index contributed by atoms with van der Waals surface area (Å²) >= 11 is 0. The number of aryl methyl sites for hydroxylation is 1. The number of nitrogens with zero attached hydrogens (tertiary/aromatic N) is 2. The molecule has 0 fully saturated rings. The molecule has 0 spiro atoms. The molecule has 10 heteroatoms. The molecule has 210 valence electrons. The Kier molecular flexibility index (Phi) is 8.93. The molecule has 41 heavy (non-hydrogen) atoms. The molecule has 0 aliphatic heterocycles. The lowest BCUT2D eigenvalue weighted by Gasteiger charge is -2.28. The first-order chi connectivity index (χ1) is 19.8. The second kappa shape index (κ2) is 12.7. The Morgan fingerprint density at radius 1 is 0.756 bits per heavy atom. The van der Waals surface area contributed by atoms with Crippen LogP contribution in [-0.2, 0) is 19.0 Å². The van der Waals surface area contributed by atoms with Gasteiger partial charge in [0.25, 0.3) is 5.91 Å². The lowest BCUT2D eigenvalue weighted by molar-refractivity contribution is -0.143. The molecule has 1 aromatic heterocycles. The van der Waals surface area contributed by atoms with Crippen LogP contribution in [0.25, 0.3) is 11.3 Å². The van der Waals surface area contributed by atoms with E-state index in [2.05, 4.69) is 10.4 Å². The van der Waals surface area contributed by atoms with Crippen molar-refractivity contribution < 1.29 is 33.4 Å². The average Bonchev–Trinajstić information content (AvgIpc) is 3.40. The van der Waals surface area contributed by atoms with Gasteiger partial charge in [0.2, 0.25) is 0 Å². The maximum Gasteiger partial charge on any atom is 0.359 e. The summed E-state index contributed by atoms with van der Waals surface area (Å²) in [6, 6.07) is 21.9. The third kappa shape index (κ3) is 6.01. The quantitative estimate of drug-likeness (QED) is 0.243. The fourth-order valence-electron chi connectivity index (χ4n) is 4.49. The third-order valence-corrected chi connectivity index (χ3v) is 6.50. The Labute approximate surface area is 236 Å². The maximum absolute atomic E-state index is 13.4. The van der Waals surface area contributed by atoms with Crippen molar-refractivity contribution in [2.24, 2.45) is 0 Å². The van der Waals surface area contributed by atoms with Crippen LogP contribution in [0.1, 0.15) is 48.4 Å². The molecule has 0 radical (unpaired) electrons. The summed E-state index contributed by atoms with van der Waals surface area (Å²) < 4.78 is 16.5. The normalized spacial score (nSPS) is 12.1. The number of esters is 3. The van der Waals surface area contributed by atoms with Gasteiger partial charge < -0.3 is 19.5 Å². The lowest BCUT2D eigenvalue weighted by atomic mass is 9.96. The number of rotatable bonds is 9. The Morgan fingerprint density at radius 2 is 1.34 bits per heavy atom. The summed E-state index contributed by atoms with van der Waals surface area (Å²) in [5.74, 6) is -3.02. The van der Waals surface area contributed by atoms with E-state index in [0.717, 1.165) is 5.56 Å². The van der Waals surface area contributed by atoms with Gasteiger partial charge in [-0.05, 0) is 24.6 Å². The fraction of sp³-hybridized carbons (Fsp3) is 0.194. The van der Waals surface area contributed by atoms with Crippen molar-refractivity contribution in [3.05, 3.63) is 113 Å². The highest BCUT2D eigenvalue weighted by Crippen LogP contribution is 2.35. The van der Waals surface area contributed by atoms with Crippen LogP contribution in [0, 0.1) is 6.92 Å². The van der Waals surface area contributed by atoms with E-state index in [-0.39, 0.29) is 17.0 Å². The molecular weight excluding hydrogens is 526 g/mol. The van der Waals surface area contributed by atoms with Gasteiger partial charge in [0, 0.05) is 11.1 Å². The molecule has 0 unspecified atom stereocenters. The molecule has 0 saturated carbocycles. The fourth-order valence-corrected chi connectivity index (χ4v) is 4.49. The standard InChI is InChI=1S/C31H29N3O7/c1-19-15-17-21(18-16-19)26-23(29(36)39-2)24(30(37)40-3)33-34(26)27(20-11-7-5-8-12-20)25(31(38)41-4)32-28(35)22-13-9-6-10-14-22/h5-18,25,27H,1-4H3,(H,32,35)/t25-,27-/m1/s1. The number of aromatic nitrogens is 2. The van der Waals surface area contributed by atoms with Crippen LogP contribution in [0.2, 0.25) is 0 Å². The monoisotopic (exact) mass is 555 g/mol. The summed E-state index contributed by atoms with van der Waals surface area (Å²) in [6.07, 6.45) is 0. The number of methoxy groups -OCH3 is 3. The van der Waals surface area contributed by atoms with Crippen LogP contribution in [0.3, 0.4) is 0 Å². The largest absolute Gasteiger partial charge is 0.467 e. The molecule has 0 saturated heterocycles. The summed E-state index contributed by atoms with van der Waals surface area (Å²) in [4.78, 5) is 52.8. The molecule has 3 aromatic carbocycles. The zero-order valence-corrected chi connectivity index (χ0v) is 23.0. The van der Waals surface area contributed by atoms with E-state index in [4.69, 9.17) is 14.2 Å². The van der Waals surface area contributed by atoms with E-state index in [0.29, 0.717) is 16.7 Å². The van der Waals surface area contributed by atoms with Gasteiger partial charge in [0.15, 0.2) is 11.7 Å². The number of hydrogen-bond acceptors (Lipinski definition) is 8. The van der Waals surface area contributed by atoms with Crippen LogP contribution in [0.5, 0.6) is 0 Å². The van der Waals surface area contributed by atoms with Crippen molar-refractivity contribution in [1.82, 2.24) is 15.1 Å². The summed E-state index contributed by atoms with van der Waals surface area (Å²) in [5.41, 5.74) is 2.05. The molecule has 0 aliphatic rings. The van der Waals surface area contributed by atoms with Gasteiger partial charge in [-0.3, -0.25) is 9.48 Å². The Bertz CT molecular complexity index is 1550. The minimum absolute atomic E-state index is 0.151. The van der Waals surface area contributed by atoms with E-state index in [1.807, 2.05) is 19.1 Å². The van der Waals surface area contributed by atoms with E-state index < -0.39 is 35.9 Å². The first-order valence-corrected chi connectivity index (χ1v) is 12.7. The van der Waals surface area contributed by atoms with Gasteiger partial charge >= 0.3 is 17.9 Å². The Morgan fingerprint density at radius 3 is 1.90 bits per heavy atom. The van der Waals surface area contributed by atoms with Crippen molar-refractivity contribution in [3.8, 4) is 11.3 Å². The van der Waals surface area contributed by atoms with E-state index in [9.17, 15) is 19.2 Å². The van der Waals surface area contributed by atoms with Gasteiger partial charge in [0.1, 0.15) is 11.6 Å². The first-order valence-electron chi connectivity index (χ1n) is 12.7. The van der Waals surface area contributed by atoms with Crippen molar-refractivity contribution in [2.75, 3.05) is 21.3 Å². The van der Waals surface area contributed by atoms with E-state index in [1.165, 1.54) is 26.0 Å². The smallest absolute Gasteiger partial charge is 0.359 e. The number of ether oxygens (including phenoxy) is 3. The van der Waals surface area contributed by atoms with Crippen molar-refractivity contribution >= 4 is 23.8 Å². The molecule has 0 aliphatic carbocycles. The number of hydrogen-bond donors (Lipinski definition) is 1. The molecule has 1 N–H and O–H groups in total. The number of benzene rings is 3. The van der Waals surface area contributed by atoms with Crippen molar-refractivity contribution in [2.45, 2.75) is 19.0 Å². The Hall–Kier alpha value is -5.25. The van der Waals surface area contributed by atoms with E-state index >= 15 is 0 Å². The molecule has 4 aromatic rings. The predicted octanol–water partition coefficient (Wildman–Crippen LogP) is 3.99. The zero-order chi connectivity index (χ0) is 29.5. The number of carbonyl (C=O) groups excluding carboxylic acids is 4. The van der Waals surface area contributed by atoms with Gasteiger partial charge in [-0.25, -0.2) is 14.4 Å². The summed E-state index contributed by atoms with van der Waals surface area (Å²) in [6.45, 7) is 1.90. The maximum atomic E-state index is 13.4. The number of carbonyl (C=O) groups is 4. The van der Waals surface area contributed by atoms with Crippen LogP contribution < -0.4 is 5.32 Å². The van der Waals surface area contributed by atoms with Crippen LogP contribution in [-0.4, -0.2) is 61.0 Å². The SMILES string of the molecule is COC(=O)c1nn([C@H](c2ccccc2)[C@@H](NC(=O)c2ccccc2)C(=O)OC)c(-c2ccc(C)cc2)c1C(=O)OC. The van der Waals surface area contributed by atoms with E-state index in [1.54, 1.807) is 72.8 Å². The number of amides is 1. The molecule has 1 heterocycles. The topological polar surface area (TPSA) is 126 Å². The minimum atomic E-state index is -1.34. The highest BCUT2D eigenvalue weighted by molar-refractivity contribution is 6.06. The minimum Gasteiger partial charge on any atom is -0.467 e. The highest BCUT2D eigenvalue weighted by atomic mass is 16.5. The summed E-state index contributed by atoms with van der Waals surface area (Å²) in [5, 5.41) is 7.30. The molecule has 1 amide bonds. The Balaban J connectivity index is 2.04. The predicted molar refractivity (Wildman–Crippen MR) is 149 cm³/mol. The molecule has 10 nitrogen and oxygen atoms in total. The molecule has 2 atom stereocenters. The molecule has 0 bridgehead atoms.